The zero-order valence-corrected chi connectivity index (χ0v) is 10.4. The number of anilines is 1. The van der Waals surface area contributed by atoms with E-state index in [9.17, 15) is 0 Å². The van der Waals surface area contributed by atoms with Gasteiger partial charge in [-0.3, -0.25) is 0 Å². The lowest BCUT2D eigenvalue weighted by Crippen LogP contribution is -2.32. The molecule has 2 nitrogen and oxygen atoms in total. The van der Waals surface area contributed by atoms with Crippen molar-refractivity contribution in [2.45, 2.75) is 19.6 Å². The Morgan fingerprint density at radius 3 is 2.40 bits per heavy atom. The van der Waals surface area contributed by atoms with Gasteiger partial charge in [0.25, 0.3) is 0 Å². The van der Waals surface area contributed by atoms with E-state index in [4.69, 9.17) is 0 Å². The Morgan fingerprint density at radius 1 is 1.07 bits per heavy atom. The molecule has 0 saturated heterocycles. The van der Waals surface area contributed by atoms with Crippen LogP contribution < -0.4 is 4.98 Å². The van der Waals surface area contributed by atoms with Gasteiger partial charge in [-0.25, -0.2) is 4.98 Å². The summed E-state index contributed by atoms with van der Waals surface area (Å²) >= 11 is 0. The van der Waals surface area contributed by atoms with Crippen LogP contribution in [0.4, 0.5) is 5.82 Å². The molecule has 1 aromatic carbocycles. The molecular formula is C12H16N2Si. The van der Waals surface area contributed by atoms with Crippen LogP contribution in [-0.2, 0) is 0 Å². The number of fused-ring (bicyclic) bond motifs is 1. The van der Waals surface area contributed by atoms with E-state index in [1.807, 2.05) is 12.3 Å². The molecule has 0 bridgehead atoms. The summed E-state index contributed by atoms with van der Waals surface area (Å²) in [6.45, 7) is 6.80. The molecule has 0 aliphatic rings. The second-order valence-electron chi connectivity index (χ2n) is 4.79. The summed E-state index contributed by atoms with van der Waals surface area (Å²) in [5, 5.41) is 2.44. The zero-order valence-electron chi connectivity index (χ0n) is 9.41. The van der Waals surface area contributed by atoms with Crippen LogP contribution >= 0.6 is 0 Å². The van der Waals surface area contributed by atoms with Gasteiger partial charge in [0.15, 0.2) is 0 Å². The lowest BCUT2D eigenvalue weighted by molar-refractivity contribution is 1.34. The van der Waals surface area contributed by atoms with Gasteiger partial charge in [0.05, 0.1) is 0 Å². The second-order valence-corrected chi connectivity index (χ2v) is 9.54. The third-order valence-corrected chi connectivity index (χ3v) is 3.14. The average Bonchev–Trinajstić information content (AvgIpc) is 2.15. The summed E-state index contributed by atoms with van der Waals surface area (Å²) in [6.07, 6.45) is 1.93. The summed E-state index contributed by atoms with van der Waals surface area (Å²) in [5.74, 6) is 0.993. The molecule has 0 spiro atoms. The van der Waals surface area contributed by atoms with Gasteiger partial charge in [0, 0.05) is 11.6 Å². The van der Waals surface area contributed by atoms with Crippen molar-refractivity contribution in [1.82, 2.24) is 4.98 Å². The third kappa shape index (κ3) is 2.56. The minimum absolute atomic E-state index is 0.993. The molecule has 3 heteroatoms. The fraction of sp³-hybridized carbons (Fsp3) is 0.250. The number of aromatic nitrogens is 1. The van der Waals surface area contributed by atoms with E-state index in [1.165, 1.54) is 10.8 Å². The van der Waals surface area contributed by atoms with E-state index in [-0.39, 0.29) is 0 Å². The van der Waals surface area contributed by atoms with Crippen LogP contribution in [0.3, 0.4) is 0 Å². The molecule has 1 aromatic heterocycles. The van der Waals surface area contributed by atoms with Crippen LogP contribution in [0.5, 0.6) is 0 Å². The molecule has 2 aromatic rings. The molecule has 0 saturated carbocycles. The fourth-order valence-corrected chi connectivity index (χ4v) is 2.44. The summed E-state index contributed by atoms with van der Waals surface area (Å²) in [6, 6.07) is 10.4. The van der Waals surface area contributed by atoms with Crippen molar-refractivity contribution in [3.8, 4) is 0 Å². The maximum absolute atomic E-state index is 4.42. The minimum atomic E-state index is -1.30. The van der Waals surface area contributed by atoms with Crippen molar-refractivity contribution in [1.29, 1.82) is 0 Å². The maximum Gasteiger partial charge on any atom is 0.145 e. The Balaban J connectivity index is 2.39. The highest BCUT2D eigenvalue weighted by Gasteiger charge is 2.13. The average molecular weight is 216 g/mol. The van der Waals surface area contributed by atoms with Gasteiger partial charge in [0.1, 0.15) is 14.1 Å². The number of nitrogens with one attached hydrogen (secondary N) is 1. The first-order valence-corrected chi connectivity index (χ1v) is 8.68. The molecule has 1 heterocycles. The van der Waals surface area contributed by atoms with Crippen LogP contribution in [0.15, 0.2) is 36.5 Å². The van der Waals surface area contributed by atoms with Gasteiger partial charge in [-0.2, -0.15) is 0 Å². The van der Waals surface area contributed by atoms with Crippen LogP contribution in [0.25, 0.3) is 10.8 Å². The van der Waals surface area contributed by atoms with Gasteiger partial charge in [-0.15, -0.1) is 0 Å². The molecule has 0 atom stereocenters. The predicted octanol–water partition coefficient (Wildman–Crippen LogP) is 3.48. The monoisotopic (exact) mass is 216 g/mol. The topological polar surface area (TPSA) is 24.9 Å². The van der Waals surface area contributed by atoms with Crippen molar-refractivity contribution < 1.29 is 0 Å². The number of pyridine rings is 1. The first kappa shape index (κ1) is 10.2. The Bertz CT molecular complexity index is 474. The lowest BCUT2D eigenvalue weighted by atomic mass is 10.2. The predicted molar refractivity (Wildman–Crippen MR) is 68.7 cm³/mol. The van der Waals surface area contributed by atoms with E-state index in [0.717, 1.165) is 5.82 Å². The van der Waals surface area contributed by atoms with E-state index in [0.29, 0.717) is 0 Å². The van der Waals surface area contributed by atoms with Crippen molar-refractivity contribution in [2.75, 3.05) is 4.98 Å². The van der Waals surface area contributed by atoms with Gasteiger partial charge in [0.2, 0.25) is 0 Å². The Labute approximate surface area is 91.4 Å². The van der Waals surface area contributed by atoms with Crippen molar-refractivity contribution in [3.63, 3.8) is 0 Å². The van der Waals surface area contributed by atoms with Crippen LogP contribution in [0.2, 0.25) is 19.6 Å². The Morgan fingerprint density at radius 2 is 1.73 bits per heavy atom. The van der Waals surface area contributed by atoms with E-state index in [2.05, 4.69) is 53.9 Å². The van der Waals surface area contributed by atoms with Crippen molar-refractivity contribution in [2.24, 2.45) is 0 Å². The standard InChI is InChI=1S/C12H16N2Si/c1-15(2,3)14-12-8-10-6-4-5-7-11(10)9-13-12/h4-9H,1-3H3,(H,13,14). The minimum Gasteiger partial charge on any atom is -0.396 e. The summed E-state index contributed by atoms with van der Waals surface area (Å²) in [5.41, 5.74) is 0. The van der Waals surface area contributed by atoms with Gasteiger partial charge >= 0.3 is 0 Å². The molecule has 0 amide bonds. The van der Waals surface area contributed by atoms with Crippen LogP contribution in [-0.4, -0.2) is 13.2 Å². The van der Waals surface area contributed by atoms with Crippen LogP contribution in [0.1, 0.15) is 0 Å². The molecule has 0 radical (unpaired) electrons. The van der Waals surface area contributed by atoms with Crippen LogP contribution in [0, 0.1) is 0 Å². The van der Waals surface area contributed by atoms with E-state index >= 15 is 0 Å². The Kier molecular flexibility index (Phi) is 2.48. The second kappa shape index (κ2) is 3.66. The number of rotatable bonds is 2. The third-order valence-electron chi connectivity index (χ3n) is 2.13. The first-order chi connectivity index (χ1) is 7.04. The van der Waals surface area contributed by atoms with Gasteiger partial charge in [-0.05, 0) is 11.5 Å². The maximum atomic E-state index is 4.42. The first-order valence-electron chi connectivity index (χ1n) is 5.18. The quantitative estimate of drug-likeness (QED) is 0.777. The summed E-state index contributed by atoms with van der Waals surface area (Å²) < 4.78 is 0. The fourth-order valence-electron chi connectivity index (χ4n) is 1.54. The van der Waals surface area contributed by atoms with Crippen molar-refractivity contribution in [3.05, 3.63) is 36.5 Å². The zero-order chi connectivity index (χ0) is 10.9. The smallest absolute Gasteiger partial charge is 0.145 e. The van der Waals surface area contributed by atoms with Crippen molar-refractivity contribution >= 4 is 24.8 Å². The molecule has 0 aliphatic heterocycles. The highest BCUT2D eigenvalue weighted by atomic mass is 28.3. The SMILES string of the molecule is C[Si](C)(C)Nc1cc2ccccc2cn1. The summed E-state index contributed by atoms with van der Waals surface area (Å²) in [7, 11) is -1.30. The molecule has 15 heavy (non-hydrogen) atoms. The molecule has 78 valence electrons. The molecule has 0 unspecified atom stereocenters. The number of hydrogen-bond acceptors (Lipinski definition) is 2. The molecule has 2 rings (SSSR count). The van der Waals surface area contributed by atoms with E-state index < -0.39 is 8.24 Å². The summed E-state index contributed by atoms with van der Waals surface area (Å²) in [4.78, 5) is 7.92. The molecular weight excluding hydrogens is 200 g/mol. The Hall–Kier alpha value is -1.35. The number of hydrogen-bond donors (Lipinski definition) is 1. The van der Waals surface area contributed by atoms with Gasteiger partial charge in [-0.1, -0.05) is 43.9 Å². The highest BCUT2D eigenvalue weighted by molar-refractivity contribution is 6.79. The number of benzene rings is 1. The number of nitrogens with zero attached hydrogens (tertiary/aromatic N) is 1. The molecule has 1 N–H and O–H groups in total. The molecule has 0 fully saturated rings. The van der Waals surface area contributed by atoms with Gasteiger partial charge < -0.3 is 4.98 Å². The highest BCUT2D eigenvalue weighted by Crippen LogP contribution is 2.17. The molecule has 0 aliphatic carbocycles. The normalized spacial score (nSPS) is 11.7. The largest absolute Gasteiger partial charge is 0.396 e. The van der Waals surface area contributed by atoms with E-state index in [1.54, 1.807) is 0 Å². The lowest BCUT2D eigenvalue weighted by Gasteiger charge is -2.18.